The predicted octanol–water partition coefficient (Wildman–Crippen LogP) is 4.84. The highest BCUT2D eigenvalue weighted by Gasteiger charge is 2.36. The number of alkyl halides is 6. The number of anilines is 1. The fourth-order valence-corrected chi connectivity index (χ4v) is 1.89. The zero-order valence-electron chi connectivity index (χ0n) is 11.6. The maximum atomic E-state index is 12.7. The normalized spacial score (nSPS) is 12.3. The molecule has 0 unspecified atom stereocenters. The fraction of sp³-hybridized carbons (Fsp3) is 0.200. The van der Waals surface area contributed by atoms with Crippen molar-refractivity contribution in [2.45, 2.75) is 18.9 Å². The van der Waals surface area contributed by atoms with Crippen molar-refractivity contribution in [3.8, 4) is 0 Å². The zero-order valence-corrected chi connectivity index (χ0v) is 11.6. The molecule has 0 bridgehead atoms. The van der Waals surface area contributed by atoms with Crippen molar-refractivity contribution >= 4 is 5.69 Å². The van der Waals surface area contributed by atoms with E-state index in [0.29, 0.717) is 17.8 Å². The molecule has 2 aromatic rings. The number of benzene rings is 2. The Bertz CT molecular complexity index is 617. The molecule has 0 aromatic heterocycles. The van der Waals surface area contributed by atoms with Crippen molar-refractivity contribution in [2.24, 2.45) is 0 Å². The van der Waals surface area contributed by atoms with Crippen LogP contribution in [0.1, 0.15) is 16.7 Å². The maximum absolute atomic E-state index is 12.7. The number of hydrogen-bond donors (Lipinski definition) is 2. The maximum Gasteiger partial charge on any atom is 0.416 e. The van der Waals surface area contributed by atoms with Gasteiger partial charge in [0.05, 0.1) is 11.1 Å². The molecule has 2 N–H and O–H groups in total. The van der Waals surface area contributed by atoms with Crippen molar-refractivity contribution in [3.05, 3.63) is 65.2 Å². The molecule has 0 spiro atoms. The van der Waals surface area contributed by atoms with Crippen LogP contribution in [0.5, 0.6) is 0 Å². The molecule has 0 aliphatic rings. The van der Waals surface area contributed by atoms with Crippen LogP contribution in [-0.4, -0.2) is 0 Å². The van der Waals surface area contributed by atoms with E-state index in [1.54, 1.807) is 30.3 Å². The molecule has 0 saturated heterocycles. The molecule has 0 heterocycles. The van der Waals surface area contributed by atoms with Crippen molar-refractivity contribution in [2.75, 3.05) is 5.43 Å². The van der Waals surface area contributed by atoms with Gasteiger partial charge in [-0.15, -0.1) is 0 Å². The Hall–Kier alpha value is -2.22. The van der Waals surface area contributed by atoms with Gasteiger partial charge in [0.2, 0.25) is 0 Å². The quantitative estimate of drug-likeness (QED) is 0.617. The molecule has 0 atom stereocenters. The molecule has 0 aliphatic carbocycles. The minimum atomic E-state index is -4.84. The van der Waals surface area contributed by atoms with Crippen LogP contribution in [-0.2, 0) is 18.9 Å². The second-order valence-corrected chi connectivity index (χ2v) is 4.76. The van der Waals surface area contributed by atoms with Gasteiger partial charge in [0.25, 0.3) is 0 Å². The van der Waals surface area contributed by atoms with Gasteiger partial charge in [0.15, 0.2) is 0 Å². The summed E-state index contributed by atoms with van der Waals surface area (Å²) >= 11 is 0. The van der Waals surface area contributed by atoms with Crippen LogP contribution in [0.15, 0.2) is 48.5 Å². The van der Waals surface area contributed by atoms with Gasteiger partial charge in [-0.2, -0.15) is 26.3 Å². The number of halogens is 6. The first-order valence-corrected chi connectivity index (χ1v) is 6.48. The SMILES string of the molecule is FC(F)(F)c1cc(CNNc2ccccc2)cc(C(F)(F)F)c1. The molecular formula is C15H12F6N2. The van der Waals surface area contributed by atoms with Crippen molar-refractivity contribution in [1.82, 2.24) is 5.43 Å². The first-order chi connectivity index (χ1) is 10.7. The first kappa shape index (κ1) is 17.1. The van der Waals surface area contributed by atoms with E-state index in [1.165, 1.54) is 0 Å². The van der Waals surface area contributed by atoms with Gasteiger partial charge < -0.3 is 5.43 Å². The molecule has 0 radical (unpaired) electrons. The minimum Gasteiger partial charge on any atom is -0.321 e. The number of para-hydroxylation sites is 1. The van der Waals surface area contributed by atoms with E-state index in [1.807, 2.05) is 0 Å². The summed E-state index contributed by atoms with van der Waals surface area (Å²) in [5.74, 6) is 0. The first-order valence-electron chi connectivity index (χ1n) is 6.48. The summed E-state index contributed by atoms with van der Waals surface area (Å²) in [6, 6.07) is 10.1. The molecule has 23 heavy (non-hydrogen) atoms. The predicted molar refractivity (Wildman–Crippen MR) is 73.4 cm³/mol. The van der Waals surface area contributed by atoms with Gasteiger partial charge in [-0.05, 0) is 35.9 Å². The average molecular weight is 334 g/mol. The third-order valence-corrected chi connectivity index (χ3v) is 2.95. The van der Waals surface area contributed by atoms with Crippen LogP contribution < -0.4 is 10.9 Å². The highest BCUT2D eigenvalue weighted by Crippen LogP contribution is 2.36. The fourth-order valence-electron chi connectivity index (χ4n) is 1.89. The van der Waals surface area contributed by atoms with Gasteiger partial charge in [0.1, 0.15) is 0 Å². The largest absolute Gasteiger partial charge is 0.416 e. The summed E-state index contributed by atoms with van der Waals surface area (Å²) in [4.78, 5) is 0. The summed E-state index contributed by atoms with van der Waals surface area (Å²) in [5, 5.41) is 0. The lowest BCUT2D eigenvalue weighted by Gasteiger charge is -2.15. The van der Waals surface area contributed by atoms with Crippen LogP contribution >= 0.6 is 0 Å². The standard InChI is InChI=1S/C15H12F6N2/c16-14(17,18)11-6-10(7-12(8-11)15(19,20)21)9-22-23-13-4-2-1-3-5-13/h1-8,22-23H,9H2. The van der Waals surface area contributed by atoms with Crippen molar-refractivity contribution in [3.63, 3.8) is 0 Å². The minimum absolute atomic E-state index is 0.105. The highest BCUT2D eigenvalue weighted by atomic mass is 19.4. The Morgan fingerprint density at radius 2 is 1.26 bits per heavy atom. The van der Waals surface area contributed by atoms with Gasteiger partial charge in [0, 0.05) is 12.2 Å². The van der Waals surface area contributed by atoms with E-state index >= 15 is 0 Å². The molecule has 2 nitrogen and oxygen atoms in total. The van der Waals surface area contributed by atoms with E-state index in [-0.39, 0.29) is 18.2 Å². The Kier molecular flexibility index (Phi) is 4.84. The molecule has 2 rings (SSSR count). The van der Waals surface area contributed by atoms with Gasteiger partial charge in [-0.3, -0.25) is 0 Å². The highest BCUT2D eigenvalue weighted by molar-refractivity contribution is 5.41. The third-order valence-electron chi connectivity index (χ3n) is 2.95. The van der Waals surface area contributed by atoms with Gasteiger partial charge >= 0.3 is 12.4 Å². The average Bonchev–Trinajstić information content (AvgIpc) is 2.46. The molecule has 0 fully saturated rings. The van der Waals surface area contributed by atoms with Crippen molar-refractivity contribution < 1.29 is 26.3 Å². The van der Waals surface area contributed by atoms with Gasteiger partial charge in [-0.25, -0.2) is 5.43 Å². The second-order valence-electron chi connectivity index (χ2n) is 4.76. The number of hydrazine groups is 1. The molecule has 0 aliphatic heterocycles. The lowest BCUT2D eigenvalue weighted by atomic mass is 10.0. The summed E-state index contributed by atoms with van der Waals surface area (Å²) in [6.07, 6.45) is -9.69. The molecule has 0 amide bonds. The second kappa shape index (κ2) is 6.49. The van der Waals surface area contributed by atoms with Crippen LogP contribution in [0.2, 0.25) is 0 Å². The number of rotatable bonds is 4. The Morgan fingerprint density at radius 1 is 0.739 bits per heavy atom. The monoisotopic (exact) mass is 334 g/mol. The molecular weight excluding hydrogens is 322 g/mol. The van der Waals surface area contributed by atoms with E-state index in [0.717, 1.165) is 0 Å². The summed E-state index contributed by atoms with van der Waals surface area (Å²) in [5.41, 5.74) is 3.13. The van der Waals surface area contributed by atoms with E-state index < -0.39 is 23.5 Å². The lowest BCUT2D eigenvalue weighted by Crippen LogP contribution is -2.22. The smallest absolute Gasteiger partial charge is 0.321 e. The Morgan fingerprint density at radius 3 is 1.74 bits per heavy atom. The van der Waals surface area contributed by atoms with Crippen molar-refractivity contribution in [1.29, 1.82) is 0 Å². The zero-order chi connectivity index (χ0) is 17.1. The van der Waals surface area contributed by atoms with E-state index in [9.17, 15) is 26.3 Å². The molecule has 124 valence electrons. The Labute approximate surface area is 128 Å². The van der Waals surface area contributed by atoms with E-state index in [4.69, 9.17) is 0 Å². The van der Waals surface area contributed by atoms with Crippen LogP contribution in [0.25, 0.3) is 0 Å². The van der Waals surface area contributed by atoms with Crippen LogP contribution in [0, 0.1) is 0 Å². The molecule has 2 aromatic carbocycles. The number of nitrogens with one attached hydrogen (secondary N) is 2. The van der Waals surface area contributed by atoms with Gasteiger partial charge in [-0.1, -0.05) is 18.2 Å². The van der Waals surface area contributed by atoms with Crippen LogP contribution in [0.4, 0.5) is 32.0 Å². The summed E-state index contributed by atoms with van der Waals surface area (Å²) in [6.45, 7) is -0.206. The topological polar surface area (TPSA) is 24.1 Å². The Balaban J connectivity index is 2.17. The summed E-state index contributed by atoms with van der Waals surface area (Å²) in [7, 11) is 0. The molecule has 0 saturated carbocycles. The van der Waals surface area contributed by atoms with E-state index in [2.05, 4.69) is 10.9 Å². The number of hydrogen-bond acceptors (Lipinski definition) is 2. The molecule has 8 heteroatoms. The van der Waals surface area contributed by atoms with Crippen LogP contribution in [0.3, 0.4) is 0 Å². The summed E-state index contributed by atoms with van der Waals surface area (Å²) < 4.78 is 76.3. The third kappa shape index (κ3) is 4.88. The lowest BCUT2D eigenvalue weighted by molar-refractivity contribution is -0.143.